The third-order valence-corrected chi connectivity index (χ3v) is 4.98. The minimum Gasteiger partial charge on any atom is -0.378 e. The zero-order valence-corrected chi connectivity index (χ0v) is 15.9. The van der Waals surface area contributed by atoms with Gasteiger partial charge in [0.1, 0.15) is 5.82 Å². The number of aromatic nitrogens is 2. The van der Waals surface area contributed by atoms with Gasteiger partial charge in [0.05, 0.1) is 11.4 Å². The summed E-state index contributed by atoms with van der Waals surface area (Å²) in [5.74, 6) is 1.15. The average Bonchev–Trinajstić information content (AvgIpc) is 3.48. The van der Waals surface area contributed by atoms with Gasteiger partial charge in [0.15, 0.2) is 0 Å². The maximum Gasteiger partial charge on any atom is 0.256 e. The van der Waals surface area contributed by atoms with Crippen molar-refractivity contribution in [2.75, 3.05) is 24.3 Å². The molecular formula is C22H24N4O. The minimum absolute atomic E-state index is 0.124. The monoisotopic (exact) mass is 360 g/mol. The zero-order valence-electron chi connectivity index (χ0n) is 15.9. The molecule has 1 amide bonds. The number of benzene rings is 2. The first kappa shape index (κ1) is 17.3. The Bertz CT molecular complexity index is 971. The lowest BCUT2D eigenvalue weighted by molar-refractivity contribution is 0.102. The molecule has 1 aromatic heterocycles. The van der Waals surface area contributed by atoms with Gasteiger partial charge in [0.2, 0.25) is 0 Å². The highest BCUT2D eigenvalue weighted by molar-refractivity contribution is 6.05. The molecule has 2 aromatic carbocycles. The summed E-state index contributed by atoms with van der Waals surface area (Å²) in [7, 11) is 3.93. The second-order valence-electron chi connectivity index (χ2n) is 7.28. The second kappa shape index (κ2) is 6.91. The summed E-state index contributed by atoms with van der Waals surface area (Å²) in [6.07, 6.45) is 2.34. The van der Waals surface area contributed by atoms with Crippen LogP contribution in [0.5, 0.6) is 0 Å². The van der Waals surface area contributed by atoms with Gasteiger partial charge < -0.3 is 10.2 Å². The van der Waals surface area contributed by atoms with Crippen LogP contribution in [0.4, 0.5) is 11.5 Å². The summed E-state index contributed by atoms with van der Waals surface area (Å²) in [6.45, 7) is 2.05. The van der Waals surface area contributed by atoms with Gasteiger partial charge in [-0.1, -0.05) is 24.3 Å². The topological polar surface area (TPSA) is 50.2 Å². The van der Waals surface area contributed by atoms with Crippen LogP contribution in [0.2, 0.25) is 0 Å². The van der Waals surface area contributed by atoms with Crippen molar-refractivity contribution in [3.8, 4) is 5.69 Å². The Hall–Kier alpha value is -3.08. The van der Waals surface area contributed by atoms with E-state index >= 15 is 0 Å². The first-order valence-corrected chi connectivity index (χ1v) is 9.28. The predicted molar refractivity (Wildman–Crippen MR) is 109 cm³/mol. The largest absolute Gasteiger partial charge is 0.378 e. The fourth-order valence-electron chi connectivity index (χ4n) is 3.27. The normalized spacial score (nSPS) is 13.4. The molecule has 1 aliphatic carbocycles. The van der Waals surface area contributed by atoms with Gasteiger partial charge in [-0.25, -0.2) is 4.68 Å². The van der Waals surface area contributed by atoms with Crippen molar-refractivity contribution in [1.82, 2.24) is 9.78 Å². The predicted octanol–water partition coefficient (Wildman–Crippen LogP) is 4.38. The van der Waals surface area contributed by atoms with Crippen molar-refractivity contribution in [3.63, 3.8) is 0 Å². The van der Waals surface area contributed by atoms with Crippen molar-refractivity contribution < 1.29 is 4.79 Å². The zero-order chi connectivity index (χ0) is 19.0. The second-order valence-corrected chi connectivity index (χ2v) is 7.28. The summed E-state index contributed by atoms with van der Waals surface area (Å²) in [5, 5.41) is 7.93. The van der Waals surface area contributed by atoms with Gasteiger partial charge >= 0.3 is 0 Å². The third kappa shape index (κ3) is 3.45. The van der Waals surface area contributed by atoms with Crippen molar-refractivity contribution in [2.45, 2.75) is 25.7 Å². The molecule has 1 fully saturated rings. The minimum atomic E-state index is -0.124. The molecule has 5 nitrogen and oxygen atoms in total. The molecule has 0 aliphatic heterocycles. The lowest BCUT2D eigenvalue weighted by atomic mass is 10.1. The average molecular weight is 360 g/mol. The van der Waals surface area contributed by atoms with Crippen LogP contribution < -0.4 is 10.2 Å². The Morgan fingerprint density at radius 3 is 2.52 bits per heavy atom. The van der Waals surface area contributed by atoms with Crippen LogP contribution in [0.3, 0.4) is 0 Å². The molecule has 1 N–H and O–H groups in total. The van der Waals surface area contributed by atoms with E-state index in [1.807, 2.05) is 85.2 Å². The molecule has 5 heteroatoms. The molecule has 0 spiro atoms. The van der Waals surface area contributed by atoms with E-state index < -0.39 is 0 Å². The Morgan fingerprint density at radius 1 is 1.11 bits per heavy atom. The van der Waals surface area contributed by atoms with Crippen LogP contribution in [-0.4, -0.2) is 29.8 Å². The smallest absolute Gasteiger partial charge is 0.256 e. The number of nitrogens with one attached hydrogen (secondary N) is 1. The summed E-state index contributed by atoms with van der Waals surface area (Å²) in [4.78, 5) is 14.9. The fourth-order valence-corrected chi connectivity index (χ4v) is 3.27. The van der Waals surface area contributed by atoms with Crippen molar-refractivity contribution >= 4 is 17.4 Å². The van der Waals surface area contributed by atoms with Crippen molar-refractivity contribution in [1.29, 1.82) is 0 Å². The first-order chi connectivity index (χ1) is 13.0. The number of anilines is 2. The summed E-state index contributed by atoms with van der Waals surface area (Å²) >= 11 is 0. The highest BCUT2D eigenvalue weighted by atomic mass is 16.1. The van der Waals surface area contributed by atoms with E-state index in [1.54, 1.807) is 0 Å². The van der Waals surface area contributed by atoms with Crippen molar-refractivity contribution in [3.05, 3.63) is 71.4 Å². The number of carbonyl (C=O) groups excluding carboxylic acids is 1. The number of carbonyl (C=O) groups is 1. The van der Waals surface area contributed by atoms with Crippen LogP contribution in [0.15, 0.2) is 54.6 Å². The van der Waals surface area contributed by atoms with Crippen LogP contribution >= 0.6 is 0 Å². The Kier molecular flexibility index (Phi) is 4.44. The molecule has 3 aromatic rings. The van der Waals surface area contributed by atoms with Gasteiger partial charge in [-0.2, -0.15) is 5.10 Å². The lowest BCUT2D eigenvalue weighted by Gasteiger charge is -2.14. The molecular weight excluding hydrogens is 336 g/mol. The van der Waals surface area contributed by atoms with Crippen molar-refractivity contribution in [2.24, 2.45) is 0 Å². The molecule has 0 saturated heterocycles. The van der Waals surface area contributed by atoms with Crippen LogP contribution in [0, 0.1) is 6.92 Å². The van der Waals surface area contributed by atoms with Gasteiger partial charge in [-0.3, -0.25) is 4.79 Å². The highest BCUT2D eigenvalue weighted by Crippen LogP contribution is 2.43. The van der Waals surface area contributed by atoms with Gasteiger partial charge in [-0.05, 0) is 50.1 Å². The molecule has 4 rings (SSSR count). The summed E-state index contributed by atoms with van der Waals surface area (Å²) in [5.41, 5.74) is 4.73. The molecule has 27 heavy (non-hydrogen) atoms. The van der Waals surface area contributed by atoms with Gasteiger partial charge in [-0.15, -0.1) is 0 Å². The third-order valence-electron chi connectivity index (χ3n) is 4.98. The molecule has 0 atom stereocenters. The highest BCUT2D eigenvalue weighted by Gasteiger charge is 2.31. The molecule has 1 aliphatic rings. The number of rotatable bonds is 5. The number of hydrogen-bond donors (Lipinski definition) is 1. The Labute approximate surface area is 159 Å². The van der Waals surface area contributed by atoms with Gasteiger partial charge in [0, 0.05) is 36.8 Å². The van der Waals surface area contributed by atoms with E-state index in [4.69, 9.17) is 5.10 Å². The van der Waals surface area contributed by atoms with Crippen LogP contribution in [0.1, 0.15) is 40.4 Å². The maximum atomic E-state index is 12.9. The molecule has 1 saturated carbocycles. The molecule has 0 unspecified atom stereocenters. The fraction of sp³-hybridized carbons (Fsp3) is 0.273. The first-order valence-electron chi connectivity index (χ1n) is 9.28. The molecule has 0 bridgehead atoms. The van der Waals surface area contributed by atoms with E-state index in [2.05, 4.69) is 5.32 Å². The number of hydrogen-bond acceptors (Lipinski definition) is 3. The van der Waals surface area contributed by atoms with E-state index in [9.17, 15) is 4.79 Å². The van der Waals surface area contributed by atoms with E-state index in [0.717, 1.165) is 28.5 Å². The standard InChI is InChI=1S/C22H24N4O/c1-15-20(16-12-13-16)24-26(18-9-5-4-6-10-18)21(15)23-22(27)17-8-7-11-19(14-17)25(2)3/h4-11,14,16H,12-13H2,1-3H3,(H,23,27). The van der Waals surface area contributed by atoms with E-state index in [1.165, 1.54) is 12.8 Å². The number of nitrogens with zero attached hydrogens (tertiary/aromatic N) is 3. The van der Waals surface area contributed by atoms with E-state index in [0.29, 0.717) is 11.5 Å². The quantitative estimate of drug-likeness (QED) is 0.735. The molecule has 138 valence electrons. The Balaban J connectivity index is 1.71. The van der Waals surface area contributed by atoms with Gasteiger partial charge in [0.25, 0.3) is 5.91 Å². The Morgan fingerprint density at radius 2 is 1.85 bits per heavy atom. The van der Waals surface area contributed by atoms with Crippen LogP contribution in [0.25, 0.3) is 5.69 Å². The van der Waals surface area contributed by atoms with Crippen LogP contribution in [-0.2, 0) is 0 Å². The molecule has 1 heterocycles. The maximum absolute atomic E-state index is 12.9. The molecule has 0 radical (unpaired) electrons. The SMILES string of the molecule is Cc1c(C2CC2)nn(-c2ccccc2)c1NC(=O)c1cccc(N(C)C)c1. The van der Waals surface area contributed by atoms with E-state index in [-0.39, 0.29) is 5.91 Å². The lowest BCUT2D eigenvalue weighted by Crippen LogP contribution is -2.17. The summed E-state index contributed by atoms with van der Waals surface area (Å²) < 4.78 is 1.86. The summed E-state index contributed by atoms with van der Waals surface area (Å²) in [6, 6.07) is 17.6. The number of para-hydroxylation sites is 1. The number of amides is 1.